The molecule has 0 aliphatic heterocycles. The molecule has 0 aliphatic carbocycles. The molecule has 1 heterocycles. The second-order valence-corrected chi connectivity index (χ2v) is 7.94. The first-order chi connectivity index (χ1) is 16.4. The van der Waals surface area contributed by atoms with Crippen LogP contribution in [-0.2, 0) is 11.3 Å². The van der Waals surface area contributed by atoms with Gasteiger partial charge in [-0.25, -0.2) is 4.39 Å². The van der Waals surface area contributed by atoms with Crippen LogP contribution in [0.2, 0.25) is 5.02 Å². The molecule has 1 aromatic heterocycles. The molecule has 8 heteroatoms. The second kappa shape index (κ2) is 9.89. The lowest BCUT2D eigenvalue weighted by Gasteiger charge is -2.14. The molecular formula is C26H20ClFN2O4. The Morgan fingerprint density at radius 1 is 1.03 bits per heavy atom. The standard InChI is InChI=1S/C26H20ClFN2O4/c1-2-34-20-10-3-16(4-11-20)25(32)22-14-30(23-12-7-18(28)13-21(23)26(22)33)15-24(31)29-19-8-5-17(27)6-9-19/h3-14H,2,15H2,1H3,(H,29,31). The number of carbonyl (C=O) groups excluding carboxylic acids is 2. The summed E-state index contributed by atoms with van der Waals surface area (Å²) >= 11 is 5.88. The summed E-state index contributed by atoms with van der Waals surface area (Å²) in [7, 11) is 0. The fourth-order valence-electron chi connectivity index (χ4n) is 3.58. The molecule has 0 saturated carbocycles. The van der Waals surface area contributed by atoms with Gasteiger partial charge in [0.1, 0.15) is 18.1 Å². The number of nitrogens with one attached hydrogen (secondary N) is 1. The number of ether oxygens (including phenoxy) is 1. The number of rotatable bonds is 7. The summed E-state index contributed by atoms with van der Waals surface area (Å²) in [5.41, 5.74) is 0.371. The summed E-state index contributed by atoms with van der Waals surface area (Å²) in [6, 6.07) is 16.6. The normalized spacial score (nSPS) is 10.8. The zero-order valence-electron chi connectivity index (χ0n) is 18.2. The number of benzene rings is 3. The first-order valence-electron chi connectivity index (χ1n) is 10.5. The van der Waals surface area contributed by atoms with E-state index in [1.54, 1.807) is 48.5 Å². The van der Waals surface area contributed by atoms with Crippen molar-refractivity contribution in [2.24, 2.45) is 0 Å². The van der Waals surface area contributed by atoms with Crippen LogP contribution in [0.4, 0.5) is 10.1 Å². The van der Waals surface area contributed by atoms with Crippen LogP contribution in [0.1, 0.15) is 22.8 Å². The molecule has 172 valence electrons. The van der Waals surface area contributed by atoms with E-state index in [9.17, 15) is 18.8 Å². The lowest BCUT2D eigenvalue weighted by atomic mass is 10.0. The molecule has 4 rings (SSSR count). The van der Waals surface area contributed by atoms with E-state index in [0.717, 1.165) is 6.07 Å². The highest BCUT2D eigenvalue weighted by Gasteiger charge is 2.19. The smallest absolute Gasteiger partial charge is 0.244 e. The third-order valence-corrected chi connectivity index (χ3v) is 5.41. The van der Waals surface area contributed by atoms with Crippen LogP contribution in [0.3, 0.4) is 0 Å². The number of halogens is 2. The predicted octanol–water partition coefficient (Wildman–Crippen LogP) is 5.06. The summed E-state index contributed by atoms with van der Waals surface area (Å²) in [6.07, 6.45) is 1.34. The summed E-state index contributed by atoms with van der Waals surface area (Å²) in [5.74, 6) is -0.953. The number of ketones is 1. The Bertz CT molecular complexity index is 1430. The highest BCUT2D eigenvalue weighted by Crippen LogP contribution is 2.19. The zero-order chi connectivity index (χ0) is 24.2. The lowest BCUT2D eigenvalue weighted by molar-refractivity contribution is -0.116. The van der Waals surface area contributed by atoms with Crippen molar-refractivity contribution in [3.8, 4) is 5.75 Å². The number of nitrogens with zero attached hydrogens (tertiary/aromatic N) is 1. The summed E-state index contributed by atoms with van der Waals surface area (Å²) in [6.45, 7) is 2.12. The molecule has 1 amide bonds. The molecular weight excluding hydrogens is 459 g/mol. The molecule has 0 fully saturated rings. The van der Waals surface area contributed by atoms with Crippen molar-refractivity contribution < 1.29 is 18.7 Å². The number of aromatic nitrogens is 1. The van der Waals surface area contributed by atoms with E-state index in [1.807, 2.05) is 6.92 Å². The Morgan fingerprint density at radius 3 is 2.41 bits per heavy atom. The van der Waals surface area contributed by atoms with Crippen molar-refractivity contribution in [3.05, 3.63) is 105 Å². The maximum Gasteiger partial charge on any atom is 0.244 e. The van der Waals surface area contributed by atoms with Crippen molar-refractivity contribution in [2.45, 2.75) is 13.5 Å². The van der Waals surface area contributed by atoms with E-state index in [-0.39, 0.29) is 23.1 Å². The quantitative estimate of drug-likeness (QED) is 0.376. The molecule has 0 spiro atoms. The SMILES string of the molecule is CCOc1ccc(C(=O)c2cn(CC(=O)Nc3ccc(Cl)cc3)c3ccc(F)cc3c2=O)cc1. The van der Waals surface area contributed by atoms with Gasteiger partial charge >= 0.3 is 0 Å². The van der Waals surface area contributed by atoms with Crippen molar-refractivity contribution in [1.29, 1.82) is 0 Å². The molecule has 0 bridgehead atoms. The van der Waals surface area contributed by atoms with Crippen molar-refractivity contribution in [3.63, 3.8) is 0 Å². The van der Waals surface area contributed by atoms with Crippen molar-refractivity contribution in [2.75, 3.05) is 11.9 Å². The maximum absolute atomic E-state index is 14.0. The van der Waals surface area contributed by atoms with Crippen LogP contribution in [0.5, 0.6) is 5.75 Å². The van der Waals surface area contributed by atoms with Gasteiger partial charge in [-0.1, -0.05) is 11.6 Å². The van der Waals surface area contributed by atoms with Crippen molar-refractivity contribution >= 4 is 39.9 Å². The number of hydrogen-bond donors (Lipinski definition) is 1. The molecule has 34 heavy (non-hydrogen) atoms. The molecule has 1 N–H and O–H groups in total. The fraction of sp³-hybridized carbons (Fsp3) is 0.115. The number of pyridine rings is 1. The molecule has 4 aromatic rings. The number of fused-ring (bicyclic) bond motifs is 1. The molecule has 3 aromatic carbocycles. The molecule has 6 nitrogen and oxygen atoms in total. The van der Waals surface area contributed by atoms with E-state index in [0.29, 0.717) is 28.6 Å². The molecule has 0 radical (unpaired) electrons. The van der Waals surface area contributed by atoms with E-state index < -0.39 is 22.9 Å². The van der Waals surface area contributed by atoms with Gasteiger partial charge in [-0.2, -0.15) is 0 Å². The lowest BCUT2D eigenvalue weighted by Crippen LogP contribution is -2.24. The number of carbonyl (C=O) groups is 2. The minimum atomic E-state index is -0.618. The zero-order valence-corrected chi connectivity index (χ0v) is 18.9. The van der Waals surface area contributed by atoms with Crippen LogP contribution >= 0.6 is 11.6 Å². The average Bonchev–Trinajstić information content (AvgIpc) is 2.82. The Kier molecular flexibility index (Phi) is 6.75. The largest absolute Gasteiger partial charge is 0.494 e. The van der Waals surface area contributed by atoms with Crippen LogP contribution in [0.25, 0.3) is 10.9 Å². The maximum atomic E-state index is 14.0. The van der Waals surface area contributed by atoms with E-state index in [2.05, 4.69) is 5.32 Å². The molecule has 0 saturated heterocycles. The number of anilines is 1. The van der Waals surface area contributed by atoms with Gasteiger partial charge in [-0.15, -0.1) is 0 Å². The highest BCUT2D eigenvalue weighted by molar-refractivity contribution is 6.30. The van der Waals surface area contributed by atoms with Gasteiger partial charge in [0.15, 0.2) is 5.78 Å². The van der Waals surface area contributed by atoms with Gasteiger partial charge in [0, 0.05) is 27.9 Å². The number of amides is 1. The Hall–Kier alpha value is -3.97. The van der Waals surface area contributed by atoms with Crippen LogP contribution in [0.15, 0.2) is 77.7 Å². The highest BCUT2D eigenvalue weighted by atomic mass is 35.5. The van der Waals surface area contributed by atoms with Gasteiger partial charge in [-0.3, -0.25) is 14.4 Å². The topological polar surface area (TPSA) is 77.4 Å². The van der Waals surface area contributed by atoms with Gasteiger partial charge in [0.2, 0.25) is 11.3 Å². The summed E-state index contributed by atoms with van der Waals surface area (Å²) in [5, 5.41) is 3.28. The number of hydrogen-bond acceptors (Lipinski definition) is 4. The van der Waals surface area contributed by atoms with Crippen LogP contribution in [-0.4, -0.2) is 22.9 Å². The second-order valence-electron chi connectivity index (χ2n) is 7.50. The van der Waals surface area contributed by atoms with Crippen molar-refractivity contribution in [1.82, 2.24) is 4.57 Å². The third kappa shape index (κ3) is 5.00. The van der Waals surface area contributed by atoms with E-state index >= 15 is 0 Å². The summed E-state index contributed by atoms with van der Waals surface area (Å²) < 4.78 is 20.8. The first kappa shape index (κ1) is 23.2. The molecule has 0 aliphatic rings. The average molecular weight is 479 g/mol. The van der Waals surface area contributed by atoms with Crippen LogP contribution in [0, 0.1) is 5.82 Å². The molecule has 0 unspecified atom stereocenters. The monoisotopic (exact) mass is 478 g/mol. The minimum Gasteiger partial charge on any atom is -0.494 e. The Balaban J connectivity index is 1.72. The van der Waals surface area contributed by atoms with E-state index in [4.69, 9.17) is 16.3 Å². The van der Waals surface area contributed by atoms with Gasteiger partial charge in [0.05, 0.1) is 17.7 Å². The predicted molar refractivity (Wildman–Crippen MR) is 129 cm³/mol. The van der Waals surface area contributed by atoms with Gasteiger partial charge in [-0.05, 0) is 73.7 Å². The molecule has 0 atom stereocenters. The third-order valence-electron chi connectivity index (χ3n) is 5.16. The van der Waals surface area contributed by atoms with E-state index in [1.165, 1.54) is 22.9 Å². The Labute approximate surface area is 199 Å². The van der Waals surface area contributed by atoms with Gasteiger partial charge in [0.25, 0.3) is 0 Å². The fourth-order valence-corrected chi connectivity index (χ4v) is 3.70. The van der Waals surface area contributed by atoms with Crippen LogP contribution < -0.4 is 15.5 Å². The summed E-state index contributed by atoms with van der Waals surface area (Å²) in [4.78, 5) is 38.9. The Morgan fingerprint density at radius 2 is 1.74 bits per heavy atom. The minimum absolute atomic E-state index is 0.0103. The first-order valence-corrected chi connectivity index (χ1v) is 10.9. The van der Waals surface area contributed by atoms with Gasteiger partial charge < -0.3 is 14.6 Å².